The van der Waals surface area contributed by atoms with Gasteiger partial charge in [0.2, 0.25) is 0 Å². The Kier molecular flexibility index (Phi) is 3.38. The summed E-state index contributed by atoms with van der Waals surface area (Å²) in [6.07, 6.45) is 1.92. The van der Waals surface area contributed by atoms with Gasteiger partial charge in [0.15, 0.2) is 5.16 Å². The summed E-state index contributed by atoms with van der Waals surface area (Å²) in [7, 11) is 0. The zero-order chi connectivity index (χ0) is 11.7. The first-order valence-electron chi connectivity index (χ1n) is 5.82. The SMILES string of the molecule is Cc1nc2n(c(=O)c1CCC(C)C)CCS2. The van der Waals surface area contributed by atoms with Gasteiger partial charge in [0.05, 0.1) is 0 Å². The van der Waals surface area contributed by atoms with Gasteiger partial charge < -0.3 is 0 Å². The average Bonchev–Trinajstić information content (AvgIpc) is 2.64. The van der Waals surface area contributed by atoms with Crippen LogP contribution in [-0.4, -0.2) is 15.3 Å². The van der Waals surface area contributed by atoms with E-state index in [-0.39, 0.29) is 5.56 Å². The molecule has 2 rings (SSSR count). The molecule has 0 radical (unpaired) electrons. The van der Waals surface area contributed by atoms with Gasteiger partial charge in [0.25, 0.3) is 5.56 Å². The van der Waals surface area contributed by atoms with Gasteiger partial charge in [-0.2, -0.15) is 0 Å². The summed E-state index contributed by atoms with van der Waals surface area (Å²) in [5.41, 5.74) is 2.03. The summed E-state index contributed by atoms with van der Waals surface area (Å²) in [6, 6.07) is 0. The zero-order valence-corrected chi connectivity index (χ0v) is 10.9. The van der Waals surface area contributed by atoms with Crippen molar-refractivity contribution in [1.82, 2.24) is 9.55 Å². The lowest BCUT2D eigenvalue weighted by molar-refractivity contribution is 0.568. The average molecular weight is 238 g/mol. The number of hydrogen-bond donors (Lipinski definition) is 0. The molecule has 2 heterocycles. The monoisotopic (exact) mass is 238 g/mol. The third kappa shape index (κ3) is 2.17. The van der Waals surface area contributed by atoms with Crippen LogP contribution in [0.15, 0.2) is 9.95 Å². The number of thioether (sulfide) groups is 1. The van der Waals surface area contributed by atoms with E-state index in [1.165, 1.54) is 0 Å². The normalized spacial score (nSPS) is 14.5. The summed E-state index contributed by atoms with van der Waals surface area (Å²) in [4.78, 5) is 16.7. The molecule has 1 aromatic rings. The minimum Gasteiger partial charge on any atom is -0.287 e. The molecule has 1 aliphatic rings. The van der Waals surface area contributed by atoms with Crippen LogP contribution in [0.25, 0.3) is 0 Å². The second-order valence-electron chi connectivity index (χ2n) is 4.70. The maximum Gasteiger partial charge on any atom is 0.257 e. The summed E-state index contributed by atoms with van der Waals surface area (Å²) in [5.74, 6) is 1.61. The molecule has 0 aromatic carbocycles. The van der Waals surface area contributed by atoms with Crippen LogP contribution in [0, 0.1) is 12.8 Å². The predicted octanol–water partition coefficient (Wildman–Crippen LogP) is 2.25. The molecule has 0 bridgehead atoms. The second kappa shape index (κ2) is 4.62. The maximum absolute atomic E-state index is 12.2. The van der Waals surface area contributed by atoms with Gasteiger partial charge in [0.1, 0.15) is 0 Å². The Labute approximate surface area is 100 Å². The number of rotatable bonds is 3. The summed E-state index contributed by atoms with van der Waals surface area (Å²) in [6.45, 7) is 7.14. The van der Waals surface area contributed by atoms with E-state index >= 15 is 0 Å². The molecule has 0 amide bonds. The van der Waals surface area contributed by atoms with Crippen LogP contribution < -0.4 is 5.56 Å². The first kappa shape index (κ1) is 11.7. The fraction of sp³-hybridized carbons (Fsp3) is 0.667. The van der Waals surface area contributed by atoms with Crippen molar-refractivity contribution in [2.75, 3.05) is 5.75 Å². The number of nitrogens with zero attached hydrogens (tertiary/aromatic N) is 2. The lowest BCUT2D eigenvalue weighted by Gasteiger charge is -2.09. The van der Waals surface area contributed by atoms with Crippen molar-refractivity contribution in [3.8, 4) is 0 Å². The molecule has 0 unspecified atom stereocenters. The van der Waals surface area contributed by atoms with Crippen molar-refractivity contribution in [3.05, 3.63) is 21.6 Å². The molecule has 4 heteroatoms. The van der Waals surface area contributed by atoms with Crippen LogP contribution in [0.4, 0.5) is 0 Å². The molecular formula is C12H18N2OS. The number of aryl methyl sites for hydroxylation is 1. The van der Waals surface area contributed by atoms with Crippen LogP contribution in [0.3, 0.4) is 0 Å². The highest BCUT2D eigenvalue weighted by atomic mass is 32.2. The predicted molar refractivity (Wildman–Crippen MR) is 67.1 cm³/mol. The third-order valence-electron chi connectivity index (χ3n) is 2.95. The van der Waals surface area contributed by atoms with E-state index in [1.807, 2.05) is 11.5 Å². The zero-order valence-electron chi connectivity index (χ0n) is 10.1. The largest absolute Gasteiger partial charge is 0.287 e. The first-order chi connectivity index (χ1) is 7.59. The topological polar surface area (TPSA) is 34.9 Å². The highest BCUT2D eigenvalue weighted by molar-refractivity contribution is 7.99. The molecule has 0 fully saturated rings. The fourth-order valence-electron chi connectivity index (χ4n) is 1.93. The Morgan fingerprint density at radius 3 is 2.94 bits per heavy atom. The van der Waals surface area contributed by atoms with E-state index in [1.54, 1.807) is 11.8 Å². The Morgan fingerprint density at radius 2 is 2.25 bits per heavy atom. The molecule has 0 saturated heterocycles. The Balaban J connectivity index is 2.35. The van der Waals surface area contributed by atoms with E-state index in [4.69, 9.17) is 0 Å². The minimum absolute atomic E-state index is 0.188. The quantitative estimate of drug-likeness (QED) is 0.758. The summed E-state index contributed by atoms with van der Waals surface area (Å²) >= 11 is 1.68. The van der Waals surface area contributed by atoms with Gasteiger partial charge in [-0.1, -0.05) is 25.6 Å². The Bertz CT molecular complexity index is 451. The summed E-state index contributed by atoms with van der Waals surface area (Å²) in [5, 5.41) is 0.899. The highest BCUT2D eigenvalue weighted by Gasteiger charge is 2.18. The molecule has 3 nitrogen and oxygen atoms in total. The molecule has 0 spiro atoms. The van der Waals surface area contributed by atoms with E-state index in [0.717, 1.165) is 41.6 Å². The van der Waals surface area contributed by atoms with E-state index in [2.05, 4.69) is 18.8 Å². The van der Waals surface area contributed by atoms with Gasteiger partial charge in [-0.3, -0.25) is 9.36 Å². The molecule has 0 atom stereocenters. The van der Waals surface area contributed by atoms with Crippen LogP contribution in [-0.2, 0) is 13.0 Å². The molecule has 0 N–H and O–H groups in total. The third-order valence-corrected chi connectivity index (χ3v) is 3.91. The molecule has 88 valence electrons. The van der Waals surface area contributed by atoms with Gasteiger partial charge >= 0.3 is 0 Å². The smallest absolute Gasteiger partial charge is 0.257 e. The number of aromatic nitrogens is 2. The van der Waals surface area contributed by atoms with Crippen molar-refractivity contribution >= 4 is 11.8 Å². The minimum atomic E-state index is 0.188. The Hall–Kier alpha value is -0.770. The van der Waals surface area contributed by atoms with Gasteiger partial charge in [-0.15, -0.1) is 0 Å². The van der Waals surface area contributed by atoms with Crippen molar-refractivity contribution in [3.63, 3.8) is 0 Å². The van der Waals surface area contributed by atoms with Crippen LogP contribution >= 0.6 is 11.8 Å². The lowest BCUT2D eigenvalue weighted by Crippen LogP contribution is -2.26. The van der Waals surface area contributed by atoms with Gasteiger partial charge in [-0.25, -0.2) is 4.98 Å². The fourth-order valence-corrected chi connectivity index (χ4v) is 2.92. The van der Waals surface area contributed by atoms with Crippen LogP contribution in [0.5, 0.6) is 0 Å². The Morgan fingerprint density at radius 1 is 1.50 bits per heavy atom. The van der Waals surface area contributed by atoms with E-state index in [9.17, 15) is 4.79 Å². The molecule has 0 aliphatic carbocycles. The highest BCUT2D eigenvalue weighted by Crippen LogP contribution is 2.22. The lowest BCUT2D eigenvalue weighted by atomic mass is 10.0. The van der Waals surface area contributed by atoms with Crippen molar-refractivity contribution in [1.29, 1.82) is 0 Å². The molecule has 1 aromatic heterocycles. The van der Waals surface area contributed by atoms with E-state index < -0.39 is 0 Å². The van der Waals surface area contributed by atoms with Gasteiger partial charge in [-0.05, 0) is 25.7 Å². The first-order valence-corrected chi connectivity index (χ1v) is 6.81. The number of hydrogen-bond acceptors (Lipinski definition) is 3. The van der Waals surface area contributed by atoms with Crippen LogP contribution in [0.1, 0.15) is 31.5 Å². The van der Waals surface area contributed by atoms with E-state index in [0.29, 0.717) is 5.92 Å². The summed E-state index contributed by atoms with van der Waals surface area (Å²) < 4.78 is 1.83. The molecule has 16 heavy (non-hydrogen) atoms. The maximum atomic E-state index is 12.2. The van der Waals surface area contributed by atoms with Crippen LogP contribution in [0.2, 0.25) is 0 Å². The van der Waals surface area contributed by atoms with Crippen molar-refractivity contribution < 1.29 is 0 Å². The second-order valence-corrected chi connectivity index (χ2v) is 5.76. The van der Waals surface area contributed by atoms with Crippen molar-refractivity contribution in [2.45, 2.75) is 45.3 Å². The standard InChI is InChI=1S/C12H18N2OS/c1-8(2)4-5-10-9(3)13-12-14(11(10)15)6-7-16-12/h8H,4-7H2,1-3H3. The van der Waals surface area contributed by atoms with Crippen molar-refractivity contribution in [2.24, 2.45) is 5.92 Å². The number of fused-ring (bicyclic) bond motifs is 1. The molecule has 0 saturated carbocycles. The van der Waals surface area contributed by atoms with Gasteiger partial charge in [0, 0.05) is 23.6 Å². The molecule has 1 aliphatic heterocycles. The molecular weight excluding hydrogens is 220 g/mol.